The summed E-state index contributed by atoms with van der Waals surface area (Å²) in [5.41, 5.74) is 5.36. The standard InChI is InChI=1S/C10H21N3O3S/c1-17(15,16)13-8-6-12(7-9-13)10(14)4-2-3-5-11/h2-9,11H2,1H3. The van der Waals surface area contributed by atoms with E-state index in [9.17, 15) is 13.2 Å². The van der Waals surface area contributed by atoms with Crippen molar-refractivity contribution in [2.24, 2.45) is 5.73 Å². The van der Waals surface area contributed by atoms with Crippen molar-refractivity contribution >= 4 is 15.9 Å². The fraction of sp³-hybridized carbons (Fsp3) is 0.900. The summed E-state index contributed by atoms with van der Waals surface area (Å²) in [7, 11) is -3.12. The molecule has 0 aliphatic carbocycles. The summed E-state index contributed by atoms with van der Waals surface area (Å²) >= 11 is 0. The first-order valence-electron chi connectivity index (χ1n) is 5.88. The molecule has 1 rings (SSSR count). The van der Waals surface area contributed by atoms with Crippen LogP contribution in [0.4, 0.5) is 0 Å². The molecule has 0 aromatic rings. The second-order valence-electron chi connectivity index (χ2n) is 4.29. The number of amides is 1. The molecule has 0 radical (unpaired) electrons. The maximum atomic E-state index is 11.7. The normalized spacial score (nSPS) is 18.4. The molecule has 0 aromatic carbocycles. The van der Waals surface area contributed by atoms with Crippen molar-refractivity contribution in [2.45, 2.75) is 19.3 Å². The molecule has 1 heterocycles. The molecular formula is C10H21N3O3S. The summed E-state index contributed by atoms with van der Waals surface area (Å²) in [6.07, 6.45) is 3.37. The molecule has 0 bridgehead atoms. The van der Waals surface area contributed by atoms with Gasteiger partial charge in [-0.05, 0) is 19.4 Å². The monoisotopic (exact) mass is 263 g/mol. The van der Waals surface area contributed by atoms with Gasteiger partial charge in [0.05, 0.1) is 6.26 Å². The molecule has 0 aromatic heterocycles. The minimum atomic E-state index is -3.12. The van der Waals surface area contributed by atoms with Crippen LogP contribution < -0.4 is 5.73 Å². The molecule has 1 saturated heterocycles. The largest absolute Gasteiger partial charge is 0.340 e. The number of nitrogens with two attached hydrogens (primary N) is 1. The zero-order valence-corrected chi connectivity index (χ0v) is 11.1. The Balaban J connectivity index is 2.34. The van der Waals surface area contributed by atoms with Crippen LogP contribution in [0.5, 0.6) is 0 Å². The maximum Gasteiger partial charge on any atom is 0.222 e. The van der Waals surface area contributed by atoms with Crippen LogP contribution in [0, 0.1) is 0 Å². The summed E-state index contributed by atoms with van der Waals surface area (Å²) in [4.78, 5) is 13.5. The highest BCUT2D eigenvalue weighted by Gasteiger charge is 2.25. The molecule has 1 fully saturated rings. The van der Waals surface area contributed by atoms with Gasteiger partial charge in [0.15, 0.2) is 0 Å². The molecular weight excluding hydrogens is 242 g/mol. The van der Waals surface area contributed by atoms with Gasteiger partial charge in [-0.15, -0.1) is 0 Å². The van der Waals surface area contributed by atoms with Crippen molar-refractivity contribution in [3.8, 4) is 0 Å². The van der Waals surface area contributed by atoms with E-state index in [1.54, 1.807) is 4.90 Å². The van der Waals surface area contributed by atoms with E-state index in [0.717, 1.165) is 12.8 Å². The molecule has 6 nitrogen and oxygen atoms in total. The van der Waals surface area contributed by atoms with Crippen LogP contribution in [0.1, 0.15) is 19.3 Å². The third kappa shape index (κ3) is 4.61. The van der Waals surface area contributed by atoms with E-state index < -0.39 is 10.0 Å². The Labute approximate surface area is 103 Å². The third-order valence-corrected chi connectivity index (χ3v) is 4.21. The number of hydrogen-bond acceptors (Lipinski definition) is 4. The van der Waals surface area contributed by atoms with Gasteiger partial charge in [0.1, 0.15) is 0 Å². The molecule has 17 heavy (non-hydrogen) atoms. The second kappa shape index (κ2) is 6.32. The molecule has 100 valence electrons. The first kappa shape index (κ1) is 14.4. The molecule has 7 heteroatoms. The number of carbonyl (C=O) groups is 1. The fourth-order valence-electron chi connectivity index (χ4n) is 1.85. The van der Waals surface area contributed by atoms with Gasteiger partial charge in [-0.25, -0.2) is 8.42 Å². The quantitative estimate of drug-likeness (QED) is 0.659. The number of nitrogens with zero attached hydrogens (tertiary/aromatic N) is 2. The molecule has 0 saturated carbocycles. The van der Waals surface area contributed by atoms with E-state index in [4.69, 9.17) is 5.73 Å². The van der Waals surface area contributed by atoms with Crippen LogP contribution in [0.15, 0.2) is 0 Å². The van der Waals surface area contributed by atoms with Gasteiger partial charge < -0.3 is 10.6 Å². The van der Waals surface area contributed by atoms with Gasteiger partial charge >= 0.3 is 0 Å². The van der Waals surface area contributed by atoms with Crippen LogP contribution in [-0.2, 0) is 14.8 Å². The smallest absolute Gasteiger partial charge is 0.222 e. The molecule has 0 atom stereocenters. The molecule has 2 N–H and O–H groups in total. The van der Waals surface area contributed by atoms with Crippen molar-refractivity contribution in [3.63, 3.8) is 0 Å². The fourth-order valence-corrected chi connectivity index (χ4v) is 2.67. The van der Waals surface area contributed by atoms with E-state index in [0.29, 0.717) is 39.1 Å². The highest BCUT2D eigenvalue weighted by atomic mass is 32.2. The van der Waals surface area contributed by atoms with Crippen LogP contribution in [0.2, 0.25) is 0 Å². The van der Waals surface area contributed by atoms with Gasteiger partial charge in [0, 0.05) is 32.6 Å². The highest BCUT2D eigenvalue weighted by molar-refractivity contribution is 7.88. The zero-order chi connectivity index (χ0) is 12.9. The Kier molecular flexibility index (Phi) is 5.35. The summed E-state index contributed by atoms with van der Waals surface area (Å²) in [6.45, 7) is 2.40. The number of piperazine rings is 1. The van der Waals surface area contributed by atoms with Crippen LogP contribution in [-0.4, -0.2) is 62.5 Å². The van der Waals surface area contributed by atoms with E-state index in [-0.39, 0.29) is 5.91 Å². The van der Waals surface area contributed by atoms with Crippen molar-refractivity contribution in [3.05, 3.63) is 0 Å². The van der Waals surface area contributed by atoms with Gasteiger partial charge in [-0.2, -0.15) is 4.31 Å². The van der Waals surface area contributed by atoms with E-state index >= 15 is 0 Å². The van der Waals surface area contributed by atoms with E-state index in [1.807, 2.05) is 0 Å². The topological polar surface area (TPSA) is 83.7 Å². The van der Waals surface area contributed by atoms with Gasteiger partial charge in [0.2, 0.25) is 15.9 Å². The lowest BCUT2D eigenvalue weighted by molar-refractivity contribution is -0.132. The van der Waals surface area contributed by atoms with Crippen LogP contribution >= 0.6 is 0 Å². The minimum Gasteiger partial charge on any atom is -0.340 e. The average Bonchev–Trinajstić information content (AvgIpc) is 2.28. The highest BCUT2D eigenvalue weighted by Crippen LogP contribution is 2.08. The summed E-state index contributed by atoms with van der Waals surface area (Å²) in [5, 5.41) is 0. The second-order valence-corrected chi connectivity index (χ2v) is 6.27. The number of hydrogen-bond donors (Lipinski definition) is 1. The van der Waals surface area contributed by atoms with Gasteiger partial charge in [-0.3, -0.25) is 4.79 Å². The number of unbranched alkanes of at least 4 members (excludes halogenated alkanes) is 1. The SMILES string of the molecule is CS(=O)(=O)N1CCN(C(=O)CCCCN)CC1. The lowest BCUT2D eigenvalue weighted by Gasteiger charge is -2.33. The van der Waals surface area contributed by atoms with Crippen molar-refractivity contribution in [1.29, 1.82) is 0 Å². The number of sulfonamides is 1. The Morgan fingerprint density at radius 1 is 1.18 bits per heavy atom. The molecule has 0 unspecified atom stereocenters. The summed E-state index contributed by atoms with van der Waals surface area (Å²) < 4.78 is 24.0. The van der Waals surface area contributed by atoms with Gasteiger partial charge in [-0.1, -0.05) is 0 Å². The maximum absolute atomic E-state index is 11.7. The predicted octanol–water partition coefficient (Wildman–Crippen LogP) is -0.781. The summed E-state index contributed by atoms with van der Waals surface area (Å²) in [6, 6.07) is 0. The van der Waals surface area contributed by atoms with Crippen molar-refractivity contribution < 1.29 is 13.2 Å². The summed E-state index contributed by atoms with van der Waals surface area (Å²) in [5.74, 6) is 0.103. The molecule has 1 aliphatic heterocycles. The zero-order valence-electron chi connectivity index (χ0n) is 10.3. The molecule has 0 spiro atoms. The lowest BCUT2D eigenvalue weighted by atomic mass is 10.2. The van der Waals surface area contributed by atoms with E-state index in [1.165, 1.54) is 10.6 Å². The number of carbonyl (C=O) groups excluding carboxylic acids is 1. The Morgan fingerprint density at radius 2 is 1.76 bits per heavy atom. The van der Waals surface area contributed by atoms with Crippen LogP contribution in [0.25, 0.3) is 0 Å². The first-order chi connectivity index (χ1) is 7.95. The Bertz CT molecular complexity index is 348. The predicted molar refractivity (Wildman–Crippen MR) is 65.9 cm³/mol. The molecule has 1 amide bonds. The van der Waals surface area contributed by atoms with Crippen molar-refractivity contribution in [1.82, 2.24) is 9.21 Å². The Hall–Kier alpha value is -0.660. The van der Waals surface area contributed by atoms with E-state index in [2.05, 4.69) is 0 Å². The van der Waals surface area contributed by atoms with Gasteiger partial charge in [0.25, 0.3) is 0 Å². The van der Waals surface area contributed by atoms with Crippen molar-refractivity contribution in [2.75, 3.05) is 39.0 Å². The third-order valence-electron chi connectivity index (χ3n) is 2.91. The Morgan fingerprint density at radius 3 is 2.24 bits per heavy atom. The first-order valence-corrected chi connectivity index (χ1v) is 7.73. The average molecular weight is 263 g/mol. The number of rotatable bonds is 5. The molecule has 1 aliphatic rings. The lowest BCUT2D eigenvalue weighted by Crippen LogP contribution is -2.50. The minimum absolute atomic E-state index is 0.103. The van der Waals surface area contributed by atoms with Crippen LogP contribution in [0.3, 0.4) is 0 Å².